The Kier molecular flexibility index (Phi) is 13.9. The van der Waals surface area contributed by atoms with Gasteiger partial charge in [0.1, 0.15) is 0 Å². The lowest BCUT2D eigenvalue weighted by Crippen LogP contribution is -2.42. The van der Waals surface area contributed by atoms with Crippen molar-refractivity contribution in [3.8, 4) is 0 Å². The van der Waals surface area contributed by atoms with E-state index < -0.39 is 0 Å². The molecule has 3 heterocycles. The van der Waals surface area contributed by atoms with E-state index in [-0.39, 0.29) is 37.2 Å². The Hall–Kier alpha value is -0.840. The van der Waals surface area contributed by atoms with E-state index in [2.05, 4.69) is 52.9 Å². The second-order valence-corrected chi connectivity index (χ2v) is 9.48. The predicted molar refractivity (Wildman–Crippen MR) is 148 cm³/mol. The van der Waals surface area contributed by atoms with Crippen LogP contribution < -0.4 is 0 Å². The molecule has 1 fully saturated rings. The van der Waals surface area contributed by atoms with Gasteiger partial charge in [0.15, 0.2) is 0 Å². The molecule has 1 aromatic heterocycles. The van der Waals surface area contributed by atoms with Crippen molar-refractivity contribution in [1.82, 2.24) is 14.8 Å². The monoisotopic (exact) mass is 513 g/mol. The molecule has 0 aliphatic carbocycles. The number of pyridine rings is 1. The maximum atomic E-state index is 4.14. The Balaban J connectivity index is 0.00000181. The first-order valence-corrected chi connectivity index (χ1v) is 12.1. The molecule has 2 aliphatic heterocycles. The number of hydrogen-bond acceptors (Lipinski definition) is 3. The van der Waals surface area contributed by atoms with E-state index in [9.17, 15) is 0 Å². The number of aromatic nitrogens is 1. The first kappa shape index (κ1) is 30.2. The molecule has 0 N–H and O–H groups in total. The minimum atomic E-state index is 0. The highest BCUT2D eigenvalue weighted by Gasteiger charge is 2.23. The maximum absolute atomic E-state index is 4.14. The molecule has 0 radical (unpaired) electrons. The number of aryl methyl sites for hydroxylation is 3. The van der Waals surface area contributed by atoms with Gasteiger partial charge in [-0.05, 0) is 118 Å². The van der Waals surface area contributed by atoms with Gasteiger partial charge in [0.2, 0.25) is 0 Å². The van der Waals surface area contributed by atoms with Crippen LogP contribution in [0.15, 0.2) is 36.7 Å². The molecule has 0 saturated carbocycles. The number of nitrogens with zero attached hydrogens (tertiary/aromatic N) is 3. The highest BCUT2D eigenvalue weighted by atomic mass is 35.5. The highest BCUT2D eigenvalue weighted by molar-refractivity contribution is 5.86. The first-order chi connectivity index (χ1) is 14.7. The van der Waals surface area contributed by atoms with Gasteiger partial charge >= 0.3 is 0 Å². The summed E-state index contributed by atoms with van der Waals surface area (Å²) in [7, 11) is 0. The van der Waals surface area contributed by atoms with Crippen LogP contribution >= 0.6 is 37.2 Å². The zero-order valence-corrected chi connectivity index (χ0v) is 22.7. The minimum Gasteiger partial charge on any atom is -0.303 e. The van der Waals surface area contributed by atoms with Crippen molar-refractivity contribution in [2.75, 3.05) is 32.7 Å². The quantitative estimate of drug-likeness (QED) is 0.436. The second-order valence-electron chi connectivity index (χ2n) is 9.48. The van der Waals surface area contributed by atoms with Crippen LogP contribution in [-0.4, -0.2) is 53.5 Å². The predicted octanol–water partition coefficient (Wildman–Crippen LogP) is 6.24. The average molecular weight is 515 g/mol. The van der Waals surface area contributed by atoms with Crippen LogP contribution in [0.25, 0.3) is 0 Å². The zero-order chi connectivity index (χ0) is 20.8. The fourth-order valence-electron chi connectivity index (χ4n) is 5.34. The summed E-state index contributed by atoms with van der Waals surface area (Å²) in [4.78, 5) is 9.66. The lowest BCUT2D eigenvalue weighted by molar-refractivity contribution is 0.124. The number of benzene rings is 1. The lowest BCUT2D eigenvalue weighted by atomic mass is 9.97. The standard InChI is InChI=1S/C27H39N3.3ClH/c1-22-20-25-10-17-29(18-11-26(25)21-23(22)2)19-12-27-7-3-4-15-30(27)16-5-6-24-8-13-28-14-9-24;;;/h8-9,13-14,20-21,27H,3-7,10-12,15-19H2,1-2H3;3*1H. The fourth-order valence-corrected chi connectivity index (χ4v) is 5.34. The van der Waals surface area contributed by atoms with Crippen LogP contribution in [0.1, 0.15) is 59.9 Å². The van der Waals surface area contributed by atoms with Crippen molar-refractivity contribution >= 4 is 37.2 Å². The van der Waals surface area contributed by atoms with Crippen molar-refractivity contribution < 1.29 is 0 Å². The van der Waals surface area contributed by atoms with E-state index in [1.54, 1.807) is 11.1 Å². The summed E-state index contributed by atoms with van der Waals surface area (Å²) in [5.74, 6) is 0. The topological polar surface area (TPSA) is 19.4 Å². The highest BCUT2D eigenvalue weighted by Crippen LogP contribution is 2.23. The molecule has 1 unspecified atom stereocenters. The van der Waals surface area contributed by atoms with E-state index in [1.807, 2.05) is 12.4 Å². The number of hydrogen-bond donors (Lipinski definition) is 0. The summed E-state index contributed by atoms with van der Waals surface area (Å²) in [6.07, 6.45) is 14.2. The van der Waals surface area contributed by atoms with E-state index in [0.29, 0.717) is 0 Å². The summed E-state index contributed by atoms with van der Waals surface area (Å²) in [5.41, 5.74) is 7.51. The number of rotatable bonds is 7. The Bertz CT molecular complexity index is 783. The van der Waals surface area contributed by atoms with Gasteiger partial charge in [-0.15, -0.1) is 37.2 Å². The summed E-state index contributed by atoms with van der Waals surface area (Å²) in [5, 5.41) is 0. The molecule has 1 saturated heterocycles. The molecule has 0 bridgehead atoms. The number of fused-ring (bicyclic) bond motifs is 1. The Morgan fingerprint density at radius 3 is 2.12 bits per heavy atom. The first-order valence-electron chi connectivity index (χ1n) is 12.1. The van der Waals surface area contributed by atoms with Gasteiger partial charge in [0, 0.05) is 31.5 Å². The normalized spacial score (nSPS) is 18.8. The molecule has 33 heavy (non-hydrogen) atoms. The van der Waals surface area contributed by atoms with Crippen molar-refractivity contribution in [3.05, 3.63) is 64.5 Å². The molecule has 2 aliphatic rings. The van der Waals surface area contributed by atoms with E-state index in [1.165, 1.54) is 101 Å². The molecule has 6 heteroatoms. The smallest absolute Gasteiger partial charge is 0.0270 e. The van der Waals surface area contributed by atoms with Gasteiger partial charge in [-0.1, -0.05) is 18.6 Å². The lowest BCUT2D eigenvalue weighted by Gasteiger charge is -2.37. The summed E-state index contributed by atoms with van der Waals surface area (Å²) in [6.45, 7) is 10.8. The minimum absolute atomic E-state index is 0. The van der Waals surface area contributed by atoms with E-state index >= 15 is 0 Å². The van der Waals surface area contributed by atoms with Crippen LogP contribution in [0.5, 0.6) is 0 Å². The van der Waals surface area contributed by atoms with Gasteiger partial charge < -0.3 is 9.80 Å². The Labute approximate surface area is 220 Å². The Morgan fingerprint density at radius 1 is 0.848 bits per heavy atom. The average Bonchev–Trinajstić information content (AvgIpc) is 2.96. The third-order valence-corrected chi connectivity index (χ3v) is 7.40. The molecule has 0 amide bonds. The third kappa shape index (κ3) is 8.71. The molecular formula is C27H42Cl3N3. The van der Waals surface area contributed by atoms with Crippen molar-refractivity contribution in [2.24, 2.45) is 0 Å². The largest absolute Gasteiger partial charge is 0.303 e. The van der Waals surface area contributed by atoms with Gasteiger partial charge in [-0.25, -0.2) is 0 Å². The van der Waals surface area contributed by atoms with Crippen LogP contribution in [0.4, 0.5) is 0 Å². The van der Waals surface area contributed by atoms with Crippen LogP contribution in [-0.2, 0) is 19.3 Å². The summed E-state index contributed by atoms with van der Waals surface area (Å²) >= 11 is 0. The van der Waals surface area contributed by atoms with Gasteiger partial charge in [0.25, 0.3) is 0 Å². The maximum Gasteiger partial charge on any atom is 0.0270 e. The molecular weight excluding hydrogens is 473 g/mol. The van der Waals surface area contributed by atoms with Crippen molar-refractivity contribution in [2.45, 2.75) is 71.3 Å². The fraction of sp³-hybridized carbons (Fsp3) is 0.593. The SMILES string of the molecule is Cc1cc2c(cc1C)CCN(CCC1CCCCN1CCCc1ccncc1)CC2.Cl.Cl.Cl. The second kappa shape index (κ2) is 15.2. The summed E-state index contributed by atoms with van der Waals surface area (Å²) in [6, 6.07) is 9.99. The molecule has 1 aromatic carbocycles. The number of likely N-dealkylation sites (tertiary alicyclic amines) is 1. The Morgan fingerprint density at radius 2 is 1.48 bits per heavy atom. The van der Waals surface area contributed by atoms with Crippen LogP contribution in [0, 0.1) is 13.8 Å². The summed E-state index contributed by atoms with van der Waals surface area (Å²) < 4.78 is 0. The van der Waals surface area contributed by atoms with Crippen molar-refractivity contribution in [1.29, 1.82) is 0 Å². The van der Waals surface area contributed by atoms with Crippen LogP contribution in [0.2, 0.25) is 0 Å². The van der Waals surface area contributed by atoms with Gasteiger partial charge in [-0.2, -0.15) is 0 Å². The molecule has 0 spiro atoms. The van der Waals surface area contributed by atoms with E-state index in [4.69, 9.17) is 0 Å². The molecule has 4 rings (SSSR count). The van der Waals surface area contributed by atoms with Gasteiger partial charge in [-0.3, -0.25) is 4.98 Å². The van der Waals surface area contributed by atoms with E-state index in [0.717, 1.165) is 6.04 Å². The van der Waals surface area contributed by atoms with Crippen molar-refractivity contribution in [3.63, 3.8) is 0 Å². The molecule has 1 atom stereocenters. The van der Waals surface area contributed by atoms with Crippen LogP contribution in [0.3, 0.4) is 0 Å². The third-order valence-electron chi connectivity index (χ3n) is 7.40. The number of halogens is 3. The zero-order valence-electron chi connectivity index (χ0n) is 20.3. The molecule has 186 valence electrons. The molecule has 3 nitrogen and oxygen atoms in total. The number of piperidine rings is 1. The van der Waals surface area contributed by atoms with Gasteiger partial charge in [0.05, 0.1) is 0 Å². The molecule has 2 aromatic rings.